The van der Waals surface area contributed by atoms with Crippen LogP contribution in [-0.4, -0.2) is 20.4 Å². The van der Waals surface area contributed by atoms with Gasteiger partial charge >= 0.3 is 0 Å². The standard InChI is InChI=1S/C11H13ClN4S2/c1-2-3-6-13-11(17)14-9-7(12)4-5-8-10(9)16-18-15-8/h4-5H,2-3,6H2,1H3,(H2,13,14,17). The van der Waals surface area contributed by atoms with E-state index >= 15 is 0 Å². The summed E-state index contributed by atoms with van der Waals surface area (Å²) in [5.41, 5.74) is 2.30. The molecule has 0 saturated heterocycles. The first-order valence-electron chi connectivity index (χ1n) is 5.68. The molecule has 0 aliphatic carbocycles. The summed E-state index contributed by atoms with van der Waals surface area (Å²) in [6, 6.07) is 3.64. The molecule has 2 aromatic rings. The molecule has 2 rings (SSSR count). The maximum atomic E-state index is 6.15. The van der Waals surface area contributed by atoms with Crippen LogP contribution in [0.3, 0.4) is 0 Å². The van der Waals surface area contributed by atoms with Crippen LogP contribution in [0, 0.1) is 0 Å². The highest BCUT2D eigenvalue weighted by atomic mass is 35.5. The maximum absolute atomic E-state index is 6.15. The summed E-state index contributed by atoms with van der Waals surface area (Å²) in [6.45, 7) is 2.99. The number of fused-ring (bicyclic) bond motifs is 1. The molecular formula is C11H13ClN4S2. The van der Waals surface area contributed by atoms with E-state index in [4.69, 9.17) is 23.8 Å². The highest BCUT2D eigenvalue weighted by Gasteiger charge is 2.10. The molecule has 1 aromatic carbocycles. The number of thiocarbonyl (C=S) groups is 1. The normalized spacial score (nSPS) is 10.6. The van der Waals surface area contributed by atoms with Crippen molar-refractivity contribution in [3.05, 3.63) is 17.2 Å². The summed E-state index contributed by atoms with van der Waals surface area (Å²) in [7, 11) is 0. The van der Waals surface area contributed by atoms with E-state index in [0.29, 0.717) is 10.1 Å². The molecule has 4 nitrogen and oxygen atoms in total. The van der Waals surface area contributed by atoms with E-state index in [9.17, 15) is 0 Å². The van der Waals surface area contributed by atoms with E-state index in [1.54, 1.807) is 6.07 Å². The van der Waals surface area contributed by atoms with E-state index in [0.717, 1.165) is 47.8 Å². The number of hydrogen-bond donors (Lipinski definition) is 2. The van der Waals surface area contributed by atoms with Gasteiger partial charge in [0.05, 0.1) is 22.4 Å². The van der Waals surface area contributed by atoms with Gasteiger partial charge in [-0.2, -0.15) is 8.75 Å². The van der Waals surface area contributed by atoms with Crippen molar-refractivity contribution in [2.75, 3.05) is 11.9 Å². The molecule has 0 aliphatic rings. The lowest BCUT2D eigenvalue weighted by Crippen LogP contribution is -2.29. The van der Waals surface area contributed by atoms with E-state index in [1.807, 2.05) is 6.07 Å². The number of unbranched alkanes of at least 4 members (excludes halogenated alkanes) is 1. The number of anilines is 1. The van der Waals surface area contributed by atoms with Crippen LogP contribution in [0.4, 0.5) is 5.69 Å². The van der Waals surface area contributed by atoms with Crippen molar-refractivity contribution in [3.63, 3.8) is 0 Å². The van der Waals surface area contributed by atoms with E-state index in [2.05, 4.69) is 26.3 Å². The molecule has 1 heterocycles. The Balaban J connectivity index is 2.13. The Labute approximate surface area is 120 Å². The minimum absolute atomic E-state index is 0.561. The van der Waals surface area contributed by atoms with Gasteiger partial charge in [-0.3, -0.25) is 0 Å². The Bertz CT molecular complexity index is 555. The van der Waals surface area contributed by atoms with Crippen LogP contribution >= 0.6 is 35.5 Å². The predicted molar refractivity (Wildman–Crippen MR) is 81.6 cm³/mol. The Morgan fingerprint density at radius 1 is 1.44 bits per heavy atom. The van der Waals surface area contributed by atoms with Crippen molar-refractivity contribution in [3.8, 4) is 0 Å². The third kappa shape index (κ3) is 3.07. The van der Waals surface area contributed by atoms with Gasteiger partial charge in [0.25, 0.3) is 0 Å². The molecule has 0 bridgehead atoms. The van der Waals surface area contributed by atoms with Crippen LogP contribution in [0.25, 0.3) is 11.0 Å². The first-order chi connectivity index (χ1) is 8.72. The van der Waals surface area contributed by atoms with Crippen LogP contribution in [0.5, 0.6) is 0 Å². The van der Waals surface area contributed by atoms with E-state index < -0.39 is 0 Å². The van der Waals surface area contributed by atoms with Gasteiger partial charge in [-0.05, 0) is 30.8 Å². The number of nitrogens with zero attached hydrogens (tertiary/aromatic N) is 2. The summed E-state index contributed by atoms with van der Waals surface area (Å²) in [5.74, 6) is 0. The monoisotopic (exact) mass is 300 g/mol. The number of halogens is 1. The molecule has 0 amide bonds. The SMILES string of the molecule is CCCCNC(=S)Nc1c(Cl)ccc2nsnc12. The lowest BCUT2D eigenvalue weighted by Gasteiger charge is -2.11. The topological polar surface area (TPSA) is 49.8 Å². The molecular weight excluding hydrogens is 288 g/mol. The largest absolute Gasteiger partial charge is 0.362 e. The van der Waals surface area contributed by atoms with Gasteiger partial charge in [0.2, 0.25) is 0 Å². The van der Waals surface area contributed by atoms with Gasteiger partial charge in [-0.1, -0.05) is 24.9 Å². The van der Waals surface area contributed by atoms with Crippen molar-refractivity contribution in [2.24, 2.45) is 0 Å². The number of benzene rings is 1. The Morgan fingerprint density at radius 3 is 3.06 bits per heavy atom. The molecule has 0 fully saturated rings. The van der Waals surface area contributed by atoms with Gasteiger partial charge in [0.15, 0.2) is 5.11 Å². The van der Waals surface area contributed by atoms with Gasteiger partial charge in [0.1, 0.15) is 11.0 Å². The van der Waals surface area contributed by atoms with E-state index in [-0.39, 0.29) is 0 Å². The zero-order valence-corrected chi connectivity index (χ0v) is 12.3. The summed E-state index contributed by atoms with van der Waals surface area (Å²) in [4.78, 5) is 0. The smallest absolute Gasteiger partial charge is 0.170 e. The van der Waals surface area contributed by atoms with Crippen LogP contribution in [0.15, 0.2) is 12.1 Å². The average Bonchev–Trinajstić information content (AvgIpc) is 2.82. The Morgan fingerprint density at radius 2 is 2.28 bits per heavy atom. The molecule has 1 aromatic heterocycles. The fraction of sp³-hybridized carbons (Fsp3) is 0.364. The van der Waals surface area contributed by atoms with Gasteiger partial charge in [-0.15, -0.1) is 0 Å². The first kappa shape index (κ1) is 13.5. The molecule has 0 saturated carbocycles. The minimum Gasteiger partial charge on any atom is -0.362 e. The Hall–Kier alpha value is -0.980. The lowest BCUT2D eigenvalue weighted by atomic mass is 10.2. The lowest BCUT2D eigenvalue weighted by molar-refractivity contribution is 0.758. The fourth-order valence-corrected chi connectivity index (χ4v) is 2.43. The molecule has 2 N–H and O–H groups in total. The van der Waals surface area contributed by atoms with Crippen LogP contribution < -0.4 is 10.6 Å². The van der Waals surface area contributed by atoms with Crippen LogP contribution in [0.1, 0.15) is 19.8 Å². The third-order valence-electron chi connectivity index (χ3n) is 2.43. The maximum Gasteiger partial charge on any atom is 0.170 e. The zero-order valence-electron chi connectivity index (χ0n) is 9.86. The fourth-order valence-electron chi connectivity index (χ4n) is 1.48. The quantitative estimate of drug-likeness (QED) is 0.669. The van der Waals surface area contributed by atoms with Gasteiger partial charge in [0, 0.05) is 6.54 Å². The van der Waals surface area contributed by atoms with Crippen LogP contribution in [0.2, 0.25) is 5.02 Å². The van der Waals surface area contributed by atoms with Crippen molar-refractivity contribution < 1.29 is 0 Å². The van der Waals surface area contributed by atoms with Crippen LogP contribution in [-0.2, 0) is 0 Å². The molecule has 18 heavy (non-hydrogen) atoms. The summed E-state index contributed by atoms with van der Waals surface area (Å²) >= 11 is 12.5. The summed E-state index contributed by atoms with van der Waals surface area (Å²) in [5, 5.41) is 7.38. The average molecular weight is 301 g/mol. The molecule has 0 radical (unpaired) electrons. The number of aromatic nitrogens is 2. The van der Waals surface area contributed by atoms with Crippen molar-refractivity contribution >= 4 is 57.4 Å². The predicted octanol–water partition coefficient (Wildman–Crippen LogP) is 3.43. The van der Waals surface area contributed by atoms with Crippen molar-refractivity contribution in [1.29, 1.82) is 0 Å². The Kier molecular flexibility index (Phi) is 4.68. The number of rotatable bonds is 4. The zero-order chi connectivity index (χ0) is 13.0. The number of hydrogen-bond acceptors (Lipinski definition) is 4. The van der Waals surface area contributed by atoms with Crippen molar-refractivity contribution in [1.82, 2.24) is 14.1 Å². The minimum atomic E-state index is 0.561. The summed E-state index contributed by atoms with van der Waals surface area (Å²) in [6.07, 6.45) is 2.21. The molecule has 0 aliphatic heterocycles. The molecule has 0 atom stereocenters. The summed E-state index contributed by atoms with van der Waals surface area (Å²) < 4.78 is 8.40. The molecule has 7 heteroatoms. The van der Waals surface area contributed by atoms with E-state index in [1.165, 1.54) is 0 Å². The molecule has 96 valence electrons. The van der Waals surface area contributed by atoms with Crippen molar-refractivity contribution in [2.45, 2.75) is 19.8 Å². The highest BCUT2D eigenvalue weighted by Crippen LogP contribution is 2.29. The third-order valence-corrected chi connectivity index (χ3v) is 3.54. The second-order valence-electron chi connectivity index (χ2n) is 3.79. The van der Waals surface area contributed by atoms with Gasteiger partial charge in [-0.25, -0.2) is 0 Å². The second-order valence-corrected chi connectivity index (χ2v) is 5.13. The van der Waals surface area contributed by atoms with Gasteiger partial charge < -0.3 is 10.6 Å². The first-order valence-corrected chi connectivity index (χ1v) is 7.19. The molecule has 0 spiro atoms. The molecule has 0 unspecified atom stereocenters. The highest BCUT2D eigenvalue weighted by molar-refractivity contribution is 7.80. The second kappa shape index (κ2) is 6.26. The number of nitrogens with one attached hydrogen (secondary N) is 2.